The van der Waals surface area contributed by atoms with Gasteiger partial charge in [0.15, 0.2) is 0 Å². The molecule has 8 heteroatoms. The van der Waals surface area contributed by atoms with Crippen molar-refractivity contribution in [3.63, 3.8) is 0 Å². The molecule has 0 atom stereocenters. The quantitative estimate of drug-likeness (QED) is 0.357. The Hall–Kier alpha value is -3.65. The van der Waals surface area contributed by atoms with Gasteiger partial charge in [0.25, 0.3) is 5.56 Å². The van der Waals surface area contributed by atoms with Gasteiger partial charge in [-0.2, -0.15) is 4.98 Å². The van der Waals surface area contributed by atoms with E-state index in [2.05, 4.69) is 29.0 Å². The van der Waals surface area contributed by atoms with Crippen LogP contribution in [0.4, 0.5) is 4.39 Å². The summed E-state index contributed by atoms with van der Waals surface area (Å²) in [6, 6.07) is 14.1. The zero-order valence-electron chi connectivity index (χ0n) is 17.4. The van der Waals surface area contributed by atoms with Gasteiger partial charge in [0.2, 0.25) is 11.7 Å². The summed E-state index contributed by atoms with van der Waals surface area (Å²) in [5.74, 6) is 0.903. The molecule has 0 saturated carbocycles. The third-order valence-corrected chi connectivity index (χ3v) is 6.21. The standard InChI is InChI=1S/C24H19FN4O2S/c1-14(2)15-3-5-17(6-4-15)22-27-20(31-28-22)11-29-13-26-23-21(24(29)30)19(12-32-23)16-7-9-18(25)10-8-16/h3-10,12-14H,11H2,1-2H3. The first-order chi connectivity index (χ1) is 15.5. The van der Waals surface area contributed by atoms with Crippen LogP contribution in [0.5, 0.6) is 0 Å². The number of hydrogen-bond donors (Lipinski definition) is 0. The minimum atomic E-state index is -0.324. The molecule has 0 aliphatic heterocycles. The highest BCUT2D eigenvalue weighted by molar-refractivity contribution is 7.17. The summed E-state index contributed by atoms with van der Waals surface area (Å²) in [6.07, 6.45) is 1.48. The number of fused-ring (bicyclic) bond motifs is 1. The molecule has 0 aliphatic carbocycles. The van der Waals surface area contributed by atoms with Crippen molar-refractivity contribution >= 4 is 21.6 Å². The van der Waals surface area contributed by atoms with E-state index in [1.165, 1.54) is 39.9 Å². The molecule has 0 amide bonds. The summed E-state index contributed by atoms with van der Waals surface area (Å²) in [7, 11) is 0. The van der Waals surface area contributed by atoms with Gasteiger partial charge in [-0.3, -0.25) is 9.36 Å². The maximum Gasteiger partial charge on any atom is 0.263 e. The van der Waals surface area contributed by atoms with Crippen molar-refractivity contribution in [2.75, 3.05) is 0 Å². The maximum absolute atomic E-state index is 13.3. The highest BCUT2D eigenvalue weighted by atomic mass is 32.1. The first kappa shape index (κ1) is 20.3. The van der Waals surface area contributed by atoms with Crippen LogP contribution < -0.4 is 5.56 Å². The summed E-state index contributed by atoms with van der Waals surface area (Å²) in [6.45, 7) is 4.38. The van der Waals surface area contributed by atoms with Crippen LogP contribution in [-0.2, 0) is 6.54 Å². The lowest BCUT2D eigenvalue weighted by molar-refractivity contribution is 0.369. The van der Waals surface area contributed by atoms with Crippen LogP contribution in [0.2, 0.25) is 0 Å². The Morgan fingerprint density at radius 1 is 1.06 bits per heavy atom. The van der Waals surface area contributed by atoms with Crippen LogP contribution in [0.15, 0.2) is 69.6 Å². The Labute approximate surface area is 187 Å². The molecule has 5 aromatic rings. The Morgan fingerprint density at radius 2 is 1.78 bits per heavy atom. The predicted molar refractivity (Wildman–Crippen MR) is 122 cm³/mol. The van der Waals surface area contributed by atoms with Crippen molar-refractivity contribution in [2.24, 2.45) is 0 Å². The Bertz CT molecular complexity index is 1450. The van der Waals surface area contributed by atoms with E-state index in [9.17, 15) is 9.18 Å². The van der Waals surface area contributed by atoms with Crippen LogP contribution >= 0.6 is 11.3 Å². The lowest BCUT2D eigenvalue weighted by Gasteiger charge is -2.04. The molecule has 5 rings (SSSR count). The van der Waals surface area contributed by atoms with Gasteiger partial charge in [0.1, 0.15) is 17.2 Å². The number of hydrogen-bond acceptors (Lipinski definition) is 6. The van der Waals surface area contributed by atoms with Crippen molar-refractivity contribution < 1.29 is 8.91 Å². The molecule has 0 radical (unpaired) electrons. The van der Waals surface area contributed by atoms with E-state index in [0.29, 0.717) is 27.8 Å². The van der Waals surface area contributed by atoms with E-state index >= 15 is 0 Å². The van der Waals surface area contributed by atoms with Crippen LogP contribution in [-0.4, -0.2) is 19.7 Å². The van der Waals surface area contributed by atoms with Crippen molar-refractivity contribution in [1.29, 1.82) is 0 Å². The molecule has 3 aromatic heterocycles. The van der Waals surface area contributed by atoms with Crippen LogP contribution in [0.25, 0.3) is 32.7 Å². The molecule has 0 fully saturated rings. The van der Waals surface area contributed by atoms with E-state index in [-0.39, 0.29) is 17.9 Å². The lowest BCUT2D eigenvalue weighted by Crippen LogP contribution is -2.21. The number of nitrogens with zero attached hydrogens (tertiary/aromatic N) is 4. The smallest absolute Gasteiger partial charge is 0.263 e. The molecule has 0 aliphatic rings. The molecule has 6 nitrogen and oxygen atoms in total. The third kappa shape index (κ3) is 3.73. The fourth-order valence-electron chi connectivity index (χ4n) is 3.52. The van der Waals surface area contributed by atoms with E-state index in [1.807, 2.05) is 29.6 Å². The molecule has 0 N–H and O–H groups in total. The average molecular weight is 447 g/mol. The van der Waals surface area contributed by atoms with Gasteiger partial charge in [-0.25, -0.2) is 9.37 Å². The lowest BCUT2D eigenvalue weighted by atomic mass is 10.0. The van der Waals surface area contributed by atoms with E-state index < -0.39 is 0 Å². The second kappa shape index (κ2) is 8.12. The van der Waals surface area contributed by atoms with Gasteiger partial charge in [0.05, 0.1) is 11.7 Å². The van der Waals surface area contributed by atoms with E-state index in [4.69, 9.17) is 4.52 Å². The van der Waals surface area contributed by atoms with E-state index in [1.54, 1.807) is 12.1 Å². The predicted octanol–water partition coefficient (Wildman–Crippen LogP) is 5.49. The molecule has 2 aromatic carbocycles. The minimum absolute atomic E-state index is 0.109. The normalized spacial score (nSPS) is 11.5. The van der Waals surface area contributed by atoms with Crippen LogP contribution in [0.1, 0.15) is 31.2 Å². The molecule has 0 saturated heterocycles. The fourth-order valence-corrected chi connectivity index (χ4v) is 4.43. The monoisotopic (exact) mass is 446 g/mol. The first-order valence-corrected chi connectivity index (χ1v) is 11.0. The minimum Gasteiger partial charge on any atom is -0.337 e. The van der Waals surface area contributed by atoms with Gasteiger partial charge >= 0.3 is 0 Å². The third-order valence-electron chi connectivity index (χ3n) is 5.33. The zero-order chi connectivity index (χ0) is 22.2. The Kier molecular flexibility index (Phi) is 5.14. The molecule has 160 valence electrons. The molecule has 0 spiro atoms. The second-order valence-electron chi connectivity index (χ2n) is 7.80. The summed E-state index contributed by atoms with van der Waals surface area (Å²) >= 11 is 1.38. The van der Waals surface area contributed by atoms with Gasteiger partial charge in [-0.15, -0.1) is 11.3 Å². The number of rotatable bonds is 5. The summed E-state index contributed by atoms with van der Waals surface area (Å²) in [4.78, 5) is 22.7. The molecule has 32 heavy (non-hydrogen) atoms. The maximum atomic E-state index is 13.3. The molecular formula is C24H19FN4O2S. The SMILES string of the molecule is CC(C)c1ccc(-c2noc(Cn3cnc4scc(-c5ccc(F)cc5)c4c3=O)n2)cc1. The van der Waals surface area contributed by atoms with E-state index in [0.717, 1.165) is 16.7 Å². The van der Waals surface area contributed by atoms with Crippen LogP contribution in [0.3, 0.4) is 0 Å². The average Bonchev–Trinajstić information content (AvgIpc) is 3.44. The van der Waals surface area contributed by atoms with Gasteiger partial charge in [-0.1, -0.05) is 55.4 Å². The Balaban J connectivity index is 1.46. The largest absolute Gasteiger partial charge is 0.337 e. The van der Waals surface area contributed by atoms with Crippen molar-refractivity contribution in [1.82, 2.24) is 19.7 Å². The molecular weight excluding hydrogens is 427 g/mol. The van der Waals surface area contributed by atoms with Gasteiger partial charge in [-0.05, 0) is 29.2 Å². The first-order valence-electron chi connectivity index (χ1n) is 10.1. The molecule has 0 unspecified atom stereocenters. The van der Waals surface area contributed by atoms with Gasteiger partial charge in [0, 0.05) is 16.5 Å². The summed E-state index contributed by atoms with van der Waals surface area (Å²) in [5, 5.41) is 6.41. The zero-order valence-corrected chi connectivity index (χ0v) is 18.3. The van der Waals surface area contributed by atoms with Crippen molar-refractivity contribution in [2.45, 2.75) is 26.3 Å². The fraction of sp³-hybridized carbons (Fsp3) is 0.167. The Morgan fingerprint density at radius 3 is 2.50 bits per heavy atom. The summed E-state index contributed by atoms with van der Waals surface area (Å²) in [5.41, 5.74) is 3.36. The van der Waals surface area contributed by atoms with Gasteiger partial charge < -0.3 is 4.52 Å². The number of benzene rings is 2. The number of thiophene rings is 1. The number of aromatic nitrogens is 4. The topological polar surface area (TPSA) is 73.8 Å². The van der Waals surface area contributed by atoms with Crippen molar-refractivity contribution in [3.05, 3.63) is 87.9 Å². The highest BCUT2D eigenvalue weighted by Crippen LogP contribution is 2.30. The summed E-state index contributed by atoms with van der Waals surface area (Å²) < 4.78 is 20.1. The van der Waals surface area contributed by atoms with Crippen molar-refractivity contribution in [3.8, 4) is 22.5 Å². The van der Waals surface area contributed by atoms with Crippen LogP contribution in [0, 0.1) is 5.82 Å². The second-order valence-corrected chi connectivity index (χ2v) is 8.66. The highest BCUT2D eigenvalue weighted by Gasteiger charge is 2.16. The number of halogens is 1. The molecule has 0 bridgehead atoms. The molecule has 3 heterocycles.